The predicted octanol–water partition coefficient (Wildman–Crippen LogP) is 0.362. The van der Waals surface area contributed by atoms with Gasteiger partial charge in [-0.15, -0.1) is 0 Å². The van der Waals surface area contributed by atoms with Crippen molar-refractivity contribution in [3.63, 3.8) is 0 Å². The number of primary amides is 1. The van der Waals surface area contributed by atoms with Gasteiger partial charge in [0.05, 0.1) is 12.8 Å². The summed E-state index contributed by atoms with van der Waals surface area (Å²) in [7, 11) is 1.44. The Balaban J connectivity index is 3.10. The molecule has 3 N–H and O–H groups in total. The van der Waals surface area contributed by atoms with E-state index in [1.165, 1.54) is 19.2 Å². The molecule has 14 heavy (non-hydrogen) atoms. The fraction of sp³-hybridized carbons (Fsp3) is 0.111. The lowest BCUT2D eigenvalue weighted by Gasteiger charge is -2.07. The largest absolute Gasteiger partial charge is 0.495 e. The van der Waals surface area contributed by atoms with Crippen molar-refractivity contribution in [2.75, 3.05) is 12.4 Å². The van der Waals surface area contributed by atoms with Crippen molar-refractivity contribution < 1.29 is 14.3 Å². The molecule has 2 amide bonds. The lowest BCUT2D eigenvalue weighted by Crippen LogP contribution is -2.11. The SMILES string of the molecule is COc1cc(C(N)=O)ccc1NC=O. The number of carbonyl (C=O) groups excluding carboxylic acids is 2. The molecular weight excluding hydrogens is 184 g/mol. The number of ether oxygens (including phenoxy) is 1. The normalized spacial score (nSPS) is 9.21. The second-order valence-corrected chi connectivity index (χ2v) is 2.54. The summed E-state index contributed by atoms with van der Waals surface area (Å²) in [5.41, 5.74) is 5.90. The summed E-state index contributed by atoms with van der Waals surface area (Å²) in [6.45, 7) is 0. The summed E-state index contributed by atoms with van der Waals surface area (Å²) in [4.78, 5) is 21.0. The van der Waals surface area contributed by atoms with E-state index in [1.54, 1.807) is 6.07 Å². The number of rotatable bonds is 4. The summed E-state index contributed by atoms with van der Waals surface area (Å²) in [6.07, 6.45) is 0.530. The maximum absolute atomic E-state index is 10.8. The lowest BCUT2D eigenvalue weighted by molar-refractivity contribution is -0.105. The Morgan fingerprint density at radius 2 is 2.29 bits per heavy atom. The zero-order valence-electron chi connectivity index (χ0n) is 7.61. The lowest BCUT2D eigenvalue weighted by atomic mass is 10.2. The Labute approximate surface area is 80.9 Å². The molecule has 0 saturated heterocycles. The van der Waals surface area contributed by atoms with Gasteiger partial charge < -0.3 is 15.8 Å². The first-order valence-corrected chi connectivity index (χ1v) is 3.87. The Kier molecular flexibility index (Phi) is 3.06. The Hall–Kier alpha value is -2.04. The van der Waals surface area contributed by atoms with E-state index in [1.807, 2.05) is 0 Å². The minimum atomic E-state index is -0.541. The Bertz CT molecular complexity index is 363. The molecule has 5 nitrogen and oxygen atoms in total. The van der Waals surface area contributed by atoms with Gasteiger partial charge in [0.1, 0.15) is 5.75 Å². The van der Waals surface area contributed by atoms with E-state index < -0.39 is 5.91 Å². The van der Waals surface area contributed by atoms with Crippen molar-refractivity contribution in [3.05, 3.63) is 23.8 Å². The van der Waals surface area contributed by atoms with Crippen LogP contribution in [-0.2, 0) is 4.79 Å². The monoisotopic (exact) mass is 194 g/mol. The molecule has 0 aromatic heterocycles. The highest BCUT2D eigenvalue weighted by molar-refractivity contribution is 5.94. The molecule has 0 spiro atoms. The first kappa shape index (κ1) is 10.0. The van der Waals surface area contributed by atoms with Gasteiger partial charge in [-0.1, -0.05) is 0 Å². The Morgan fingerprint density at radius 1 is 1.57 bits per heavy atom. The van der Waals surface area contributed by atoms with Crippen molar-refractivity contribution in [1.82, 2.24) is 0 Å². The van der Waals surface area contributed by atoms with E-state index in [9.17, 15) is 9.59 Å². The molecule has 0 bridgehead atoms. The minimum Gasteiger partial charge on any atom is -0.495 e. The van der Waals surface area contributed by atoms with Crippen molar-refractivity contribution in [2.24, 2.45) is 5.73 Å². The molecule has 0 aliphatic rings. The smallest absolute Gasteiger partial charge is 0.248 e. The molecular formula is C9H10N2O3. The number of amides is 2. The van der Waals surface area contributed by atoms with Gasteiger partial charge in [-0.05, 0) is 18.2 Å². The molecule has 74 valence electrons. The zero-order chi connectivity index (χ0) is 10.6. The molecule has 1 rings (SSSR count). The Morgan fingerprint density at radius 3 is 2.79 bits per heavy atom. The van der Waals surface area contributed by atoms with Gasteiger partial charge >= 0.3 is 0 Å². The summed E-state index contributed by atoms with van der Waals surface area (Å²) in [5.74, 6) is -0.144. The zero-order valence-corrected chi connectivity index (χ0v) is 7.61. The average molecular weight is 194 g/mol. The minimum absolute atomic E-state index is 0.332. The fourth-order valence-electron chi connectivity index (χ4n) is 1.03. The maximum atomic E-state index is 10.8. The third-order valence-electron chi connectivity index (χ3n) is 1.70. The van der Waals surface area contributed by atoms with Gasteiger partial charge in [0, 0.05) is 5.56 Å². The third kappa shape index (κ3) is 2.01. The van der Waals surface area contributed by atoms with Crippen molar-refractivity contribution in [1.29, 1.82) is 0 Å². The van der Waals surface area contributed by atoms with Crippen LogP contribution in [0, 0.1) is 0 Å². The second kappa shape index (κ2) is 4.27. The molecule has 1 aromatic rings. The molecule has 5 heteroatoms. The molecule has 0 aliphatic carbocycles. The summed E-state index contributed by atoms with van der Waals surface area (Å²) < 4.78 is 4.96. The highest BCUT2D eigenvalue weighted by Gasteiger charge is 2.06. The molecule has 0 unspecified atom stereocenters. The van der Waals surface area contributed by atoms with Crippen LogP contribution in [0.5, 0.6) is 5.75 Å². The first-order valence-electron chi connectivity index (χ1n) is 3.87. The van der Waals surface area contributed by atoms with Gasteiger partial charge in [0.15, 0.2) is 0 Å². The number of hydrogen-bond donors (Lipinski definition) is 2. The van der Waals surface area contributed by atoms with Gasteiger partial charge in [-0.25, -0.2) is 0 Å². The van der Waals surface area contributed by atoms with Crippen LogP contribution in [0.1, 0.15) is 10.4 Å². The van der Waals surface area contributed by atoms with E-state index in [0.29, 0.717) is 23.4 Å². The van der Waals surface area contributed by atoms with Crippen molar-refractivity contribution >= 4 is 18.0 Å². The topological polar surface area (TPSA) is 81.4 Å². The van der Waals surface area contributed by atoms with Gasteiger partial charge in [-0.3, -0.25) is 9.59 Å². The number of nitrogens with two attached hydrogens (primary N) is 1. The van der Waals surface area contributed by atoms with Crippen molar-refractivity contribution in [3.8, 4) is 5.75 Å². The van der Waals surface area contributed by atoms with Crippen LogP contribution in [0.3, 0.4) is 0 Å². The predicted molar refractivity (Wildman–Crippen MR) is 51.2 cm³/mol. The second-order valence-electron chi connectivity index (χ2n) is 2.54. The molecule has 0 radical (unpaired) electrons. The van der Waals surface area contributed by atoms with Crippen LogP contribution in [-0.4, -0.2) is 19.4 Å². The van der Waals surface area contributed by atoms with E-state index in [2.05, 4.69) is 5.32 Å². The molecule has 0 fully saturated rings. The summed E-state index contributed by atoms with van der Waals surface area (Å²) in [6, 6.07) is 4.53. The highest BCUT2D eigenvalue weighted by Crippen LogP contribution is 2.24. The number of hydrogen-bond acceptors (Lipinski definition) is 3. The van der Waals surface area contributed by atoms with Gasteiger partial charge in [-0.2, -0.15) is 0 Å². The molecule has 0 aliphatic heterocycles. The number of methoxy groups -OCH3 is 1. The van der Waals surface area contributed by atoms with Crippen molar-refractivity contribution in [2.45, 2.75) is 0 Å². The fourth-order valence-corrected chi connectivity index (χ4v) is 1.03. The number of benzene rings is 1. The maximum Gasteiger partial charge on any atom is 0.248 e. The van der Waals surface area contributed by atoms with E-state index in [0.717, 1.165) is 0 Å². The number of anilines is 1. The van der Waals surface area contributed by atoms with Gasteiger partial charge in [0.25, 0.3) is 0 Å². The van der Waals surface area contributed by atoms with Crippen LogP contribution in [0.2, 0.25) is 0 Å². The summed E-state index contributed by atoms with van der Waals surface area (Å²) >= 11 is 0. The summed E-state index contributed by atoms with van der Waals surface area (Å²) in [5, 5.41) is 2.44. The van der Waals surface area contributed by atoms with E-state index in [4.69, 9.17) is 10.5 Å². The average Bonchev–Trinajstić information content (AvgIpc) is 2.18. The number of carbonyl (C=O) groups is 2. The first-order chi connectivity index (χ1) is 6.69. The van der Waals surface area contributed by atoms with Crippen LogP contribution < -0.4 is 15.8 Å². The van der Waals surface area contributed by atoms with Crippen LogP contribution in [0.4, 0.5) is 5.69 Å². The van der Waals surface area contributed by atoms with Crippen LogP contribution in [0.25, 0.3) is 0 Å². The molecule has 0 heterocycles. The van der Waals surface area contributed by atoms with Gasteiger partial charge in [0.2, 0.25) is 12.3 Å². The molecule has 1 aromatic carbocycles. The van der Waals surface area contributed by atoms with Crippen LogP contribution >= 0.6 is 0 Å². The van der Waals surface area contributed by atoms with E-state index in [-0.39, 0.29) is 0 Å². The number of nitrogens with one attached hydrogen (secondary N) is 1. The van der Waals surface area contributed by atoms with E-state index >= 15 is 0 Å². The van der Waals surface area contributed by atoms with Crippen LogP contribution in [0.15, 0.2) is 18.2 Å². The quantitative estimate of drug-likeness (QED) is 0.679. The molecule has 0 saturated carbocycles. The molecule has 0 atom stereocenters. The highest BCUT2D eigenvalue weighted by atomic mass is 16.5. The third-order valence-corrected chi connectivity index (χ3v) is 1.70. The standard InChI is InChI=1S/C9H10N2O3/c1-14-8-4-6(9(10)13)2-3-7(8)11-5-12/h2-5H,1H3,(H2,10,13)(H,11,12).